The lowest BCUT2D eigenvalue weighted by Gasteiger charge is -2.10. The van der Waals surface area contributed by atoms with Crippen LogP contribution in [0.2, 0.25) is 0 Å². The number of hydrogen-bond donors (Lipinski definition) is 0. The van der Waals surface area contributed by atoms with Crippen molar-refractivity contribution in [3.05, 3.63) is 11.4 Å². The van der Waals surface area contributed by atoms with E-state index in [1.54, 1.807) is 0 Å². The standard InChI is InChI=1S/C14H26FN/c1-14(2,16-3)12-10-8-6-4-5-7-9-11-13-15/h4-13H2,1-2H3. The molecule has 0 spiro atoms. The maximum Gasteiger partial charge on any atom is 0.227 e. The Balaban J connectivity index is 3.14. The number of hydrogen-bond acceptors (Lipinski definition) is 0. The third-order valence-corrected chi connectivity index (χ3v) is 2.97. The van der Waals surface area contributed by atoms with E-state index < -0.39 is 0 Å². The molecule has 0 amide bonds. The van der Waals surface area contributed by atoms with Crippen molar-refractivity contribution in [1.29, 1.82) is 0 Å². The molecule has 0 radical (unpaired) electrons. The number of unbranched alkanes of at least 4 members (excludes halogenated alkanes) is 7. The molecule has 94 valence electrons. The summed E-state index contributed by atoms with van der Waals surface area (Å²) in [6.07, 6.45) is 10.2. The lowest BCUT2D eigenvalue weighted by molar-refractivity contribution is 0.447. The summed E-state index contributed by atoms with van der Waals surface area (Å²) in [4.78, 5) is 3.60. The Bertz CT molecular complexity index is 193. The summed E-state index contributed by atoms with van der Waals surface area (Å²) in [5, 5.41) is 0. The topological polar surface area (TPSA) is 4.36 Å². The molecule has 0 rings (SSSR count). The van der Waals surface area contributed by atoms with Crippen LogP contribution in [0.4, 0.5) is 4.39 Å². The van der Waals surface area contributed by atoms with Crippen molar-refractivity contribution in [2.75, 3.05) is 6.67 Å². The van der Waals surface area contributed by atoms with Crippen molar-refractivity contribution in [2.45, 2.75) is 77.2 Å². The van der Waals surface area contributed by atoms with Crippen LogP contribution in [0.1, 0.15) is 71.6 Å². The predicted molar refractivity (Wildman–Crippen MR) is 68.2 cm³/mol. The van der Waals surface area contributed by atoms with Crippen LogP contribution < -0.4 is 0 Å². The molecule has 0 aromatic carbocycles. The van der Waals surface area contributed by atoms with Crippen LogP contribution in [-0.4, -0.2) is 12.2 Å². The first-order chi connectivity index (χ1) is 7.62. The number of rotatable bonds is 10. The molecular formula is C14H26FN. The molecule has 0 N–H and O–H groups in total. The summed E-state index contributed by atoms with van der Waals surface area (Å²) < 4.78 is 11.8. The largest absolute Gasteiger partial charge is 0.311 e. The van der Waals surface area contributed by atoms with Gasteiger partial charge in [-0.15, -0.1) is 0 Å². The van der Waals surface area contributed by atoms with Gasteiger partial charge in [-0.25, -0.2) is 6.57 Å². The van der Waals surface area contributed by atoms with Gasteiger partial charge in [0.25, 0.3) is 0 Å². The molecule has 0 saturated carbocycles. The fourth-order valence-electron chi connectivity index (χ4n) is 1.77. The van der Waals surface area contributed by atoms with Gasteiger partial charge in [0.15, 0.2) is 0 Å². The summed E-state index contributed by atoms with van der Waals surface area (Å²) in [5.74, 6) is 0. The molecule has 0 atom stereocenters. The Hall–Kier alpha value is -0.580. The van der Waals surface area contributed by atoms with Gasteiger partial charge in [0, 0.05) is 20.3 Å². The molecule has 0 unspecified atom stereocenters. The zero-order valence-electron chi connectivity index (χ0n) is 10.9. The van der Waals surface area contributed by atoms with Crippen molar-refractivity contribution >= 4 is 0 Å². The van der Waals surface area contributed by atoms with Crippen molar-refractivity contribution in [3.63, 3.8) is 0 Å². The molecule has 1 nitrogen and oxygen atoms in total. The van der Waals surface area contributed by atoms with Gasteiger partial charge in [-0.05, 0) is 12.8 Å². The van der Waals surface area contributed by atoms with Crippen molar-refractivity contribution in [3.8, 4) is 0 Å². The number of nitrogens with zero attached hydrogens (tertiary/aromatic N) is 1. The first kappa shape index (κ1) is 15.4. The summed E-state index contributed by atoms with van der Waals surface area (Å²) in [6, 6.07) is 0. The van der Waals surface area contributed by atoms with Crippen LogP contribution in [0.15, 0.2) is 0 Å². The van der Waals surface area contributed by atoms with E-state index in [4.69, 9.17) is 6.57 Å². The van der Waals surface area contributed by atoms with Crippen LogP contribution in [0.3, 0.4) is 0 Å². The van der Waals surface area contributed by atoms with Crippen molar-refractivity contribution in [2.24, 2.45) is 0 Å². The molecule has 0 bridgehead atoms. The predicted octanol–water partition coefficient (Wildman–Crippen LogP) is 5.16. The van der Waals surface area contributed by atoms with Gasteiger partial charge in [0.1, 0.15) is 0 Å². The molecule has 0 aliphatic rings. The second-order valence-electron chi connectivity index (χ2n) is 5.19. The van der Waals surface area contributed by atoms with Gasteiger partial charge in [0.05, 0.1) is 6.67 Å². The zero-order chi connectivity index (χ0) is 12.3. The van der Waals surface area contributed by atoms with Crippen molar-refractivity contribution in [1.82, 2.24) is 0 Å². The third kappa shape index (κ3) is 9.96. The molecular weight excluding hydrogens is 201 g/mol. The fraction of sp³-hybridized carbons (Fsp3) is 0.929. The van der Waals surface area contributed by atoms with E-state index in [1.807, 2.05) is 13.8 Å². The second kappa shape index (κ2) is 9.63. The van der Waals surface area contributed by atoms with Gasteiger partial charge in [-0.3, -0.25) is 4.39 Å². The molecule has 0 aliphatic carbocycles. The molecule has 2 heteroatoms. The minimum atomic E-state index is -0.166. The first-order valence-electron chi connectivity index (χ1n) is 6.57. The minimum absolute atomic E-state index is 0.161. The average molecular weight is 227 g/mol. The summed E-state index contributed by atoms with van der Waals surface area (Å²) in [5.41, 5.74) is -0.166. The van der Waals surface area contributed by atoms with E-state index >= 15 is 0 Å². The van der Waals surface area contributed by atoms with E-state index in [1.165, 1.54) is 38.5 Å². The summed E-state index contributed by atoms with van der Waals surface area (Å²) in [7, 11) is 0. The smallest absolute Gasteiger partial charge is 0.227 e. The monoisotopic (exact) mass is 227 g/mol. The van der Waals surface area contributed by atoms with Gasteiger partial charge in [-0.1, -0.05) is 38.5 Å². The maximum atomic E-state index is 11.8. The Kier molecular flexibility index (Phi) is 9.28. The van der Waals surface area contributed by atoms with Gasteiger partial charge >= 0.3 is 0 Å². The van der Waals surface area contributed by atoms with Crippen molar-refractivity contribution < 1.29 is 4.39 Å². The van der Waals surface area contributed by atoms with Crippen LogP contribution in [0.5, 0.6) is 0 Å². The zero-order valence-corrected chi connectivity index (χ0v) is 10.9. The molecule has 0 fully saturated rings. The minimum Gasteiger partial charge on any atom is -0.311 e. The lowest BCUT2D eigenvalue weighted by Crippen LogP contribution is -2.12. The van der Waals surface area contributed by atoms with E-state index in [0.717, 1.165) is 19.3 Å². The Labute approximate surface area is 100 Å². The van der Waals surface area contributed by atoms with Gasteiger partial charge in [0.2, 0.25) is 5.54 Å². The van der Waals surface area contributed by atoms with Crippen LogP contribution in [-0.2, 0) is 0 Å². The summed E-state index contributed by atoms with van der Waals surface area (Å²) >= 11 is 0. The molecule has 0 aromatic rings. The number of halogens is 1. The van der Waals surface area contributed by atoms with Crippen LogP contribution in [0, 0.1) is 6.57 Å². The maximum absolute atomic E-state index is 11.8. The third-order valence-electron chi connectivity index (χ3n) is 2.97. The highest BCUT2D eigenvalue weighted by atomic mass is 19.1. The second-order valence-corrected chi connectivity index (χ2v) is 5.19. The molecule has 16 heavy (non-hydrogen) atoms. The van der Waals surface area contributed by atoms with E-state index in [-0.39, 0.29) is 12.2 Å². The fourth-order valence-corrected chi connectivity index (χ4v) is 1.77. The SMILES string of the molecule is [C-]#[N+]C(C)(C)CCCCCCCCCCF. The highest BCUT2D eigenvalue weighted by Gasteiger charge is 2.21. The first-order valence-corrected chi connectivity index (χ1v) is 6.57. The Morgan fingerprint density at radius 2 is 1.31 bits per heavy atom. The van der Waals surface area contributed by atoms with Crippen LogP contribution in [0.25, 0.3) is 4.85 Å². The van der Waals surface area contributed by atoms with E-state index in [0.29, 0.717) is 0 Å². The molecule has 0 aliphatic heterocycles. The normalized spacial score (nSPS) is 11.4. The van der Waals surface area contributed by atoms with E-state index in [2.05, 4.69) is 4.85 Å². The van der Waals surface area contributed by atoms with Gasteiger partial charge in [-0.2, -0.15) is 0 Å². The van der Waals surface area contributed by atoms with E-state index in [9.17, 15) is 4.39 Å². The Morgan fingerprint density at radius 3 is 1.75 bits per heavy atom. The quantitative estimate of drug-likeness (QED) is 0.358. The molecule has 0 aromatic heterocycles. The highest BCUT2D eigenvalue weighted by Crippen LogP contribution is 2.19. The highest BCUT2D eigenvalue weighted by molar-refractivity contribution is 4.88. The van der Waals surface area contributed by atoms with Crippen LogP contribution >= 0.6 is 0 Å². The average Bonchev–Trinajstić information content (AvgIpc) is 2.27. The number of alkyl halides is 1. The Morgan fingerprint density at radius 1 is 0.875 bits per heavy atom. The molecule has 0 heterocycles. The summed E-state index contributed by atoms with van der Waals surface area (Å²) in [6.45, 7) is 10.9. The van der Waals surface area contributed by atoms with Gasteiger partial charge < -0.3 is 4.85 Å². The lowest BCUT2D eigenvalue weighted by atomic mass is 9.97. The molecule has 0 saturated heterocycles.